The Hall–Kier alpha value is -2.08. The molecular formula is C15H21N4O2+. The normalized spacial score (nSPS) is 21.6. The zero-order valence-electron chi connectivity index (χ0n) is 12.4. The van der Waals surface area contributed by atoms with E-state index in [9.17, 15) is 4.79 Å². The van der Waals surface area contributed by atoms with E-state index in [4.69, 9.17) is 4.52 Å². The van der Waals surface area contributed by atoms with Crippen LogP contribution in [0, 0.1) is 6.92 Å². The Morgan fingerprint density at radius 2 is 2.48 bits per heavy atom. The van der Waals surface area contributed by atoms with Crippen molar-refractivity contribution >= 4 is 11.7 Å². The van der Waals surface area contributed by atoms with Crippen LogP contribution in [0.3, 0.4) is 0 Å². The van der Waals surface area contributed by atoms with Crippen LogP contribution in [0.1, 0.15) is 30.3 Å². The van der Waals surface area contributed by atoms with Crippen LogP contribution in [0.2, 0.25) is 0 Å². The standard InChI is InChI=1S/C15H20N4O2/c1-11-9-14(17-21-11)16-15(20)10-19-8-4-6-13(19)12-5-3-7-18(12)2/h3,5,7,9,13H,4,6,8,10H2,1-2H3,(H,16,17,20)/p+1/t13-/m1/s1. The average Bonchev–Trinajstić information content (AvgIpc) is 3.12. The van der Waals surface area contributed by atoms with Crippen molar-refractivity contribution in [2.45, 2.75) is 25.8 Å². The fourth-order valence-electron chi connectivity index (χ4n) is 3.14. The number of rotatable bonds is 4. The largest absolute Gasteiger partial charge is 0.360 e. The van der Waals surface area contributed by atoms with Crippen molar-refractivity contribution < 1.29 is 14.2 Å². The monoisotopic (exact) mass is 289 g/mol. The van der Waals surface area contributed by atoms with Gasteiger partial charge in [0, 0.05) is 32.2 Å². The molecule has 1 aliphatic heterocycles. The topological polar surface area (TPSA) is 64.5 Å². The van der Waals surface area contributed by atoms with Gasteiger partial charge in [0.1, 0.15) is 11.8 Å². The number of aromatic nitrogens is 2. The summed E-state index contributed by atoms with van der Waals surface area (Å²) >= 11 is 0. The van der Waals surface area contributed by atoms with Crippen LogP contribution in [0.4, 0.5) is 5.82 Å². The summed E-state index contributed by atoms with van der Waals surface area (Å²) in [6, 6.07) is 6.33. The van der Waals surface area contributed by atoms with E-state index in [0.29, 0.717) is 24.2 Å². The molecule has 2 atom stereocenters. The SMILES string of the molecule is Cc1cc(NC(=O)C[NH+]2CCC[C@@H]2c2cccn2C)no1. The van der Waals surface area contributed by atoms with Gasteiger partial charge >= 0.3 is 0 Å². The van der Waals surface area contributed by atoms with Crippen molar-refractivity contribution in [2.75, 3.05) is 18.4 Å². The first kappa shape index (κ1) is 13.9. The molecule has 0 spiro atoms. The molecule has 0 radical (unpaired) electrons. The third kappa shape index (κ3) is 3.00. The number of amides is 1. The predicted molar refractivity (Wildman–Crippen MR) is 78.0 cm³/mol. The molecule has 2 aromatic rings. The van der Waals surface area contributed by atoms with Gasteiger partial charge in [-0.3, -0.25) is 4.79 Å². The van der Waals surface area contributed by atoms with Gasteiger partial charge in [-0.15, -0.1) is 0 Å². The first-order valence-corrected chi connectivity index (χ1v) is 7.32. The summed E-state index contributed by atoms with van der Waals surface area (Å²) in [5, 5.41) is 6.59. The number of likely N-dealkylation sites (tertiary alicyclic amines) is 1. The van der Waals surface area contributed by atoms with Gasteiger partial charge in [0.25, 0.3) is 5.91 Å². The molecule has 6 nitrogen and oxygen atoms in total. The second kappa shape index (κ2) is 5.73. The van der Waals surface area contributed by atoms with Gasteiger partial charge in [0.15, 0.2) is 12.4 Å². The van der Waals surface area contributed by atoms with E-state index < -0.39 is 0 Å². The van der Waals surface area contributed by atoms with Crippen molar-refractivity contribution in [3.63, 3.8) is 0 Å². The van der Waals surface area contributed by atoms with Gasteiger partial charge in [-0.2, -0.15) is 0 Å². The Bertz CT molecular complexity index is 631. The van der Waals surface area contributed by atoms with Crippen molar-refractivity contribution in [3.05, 3.63) is 35.9 Å². The number of aryl methyl sites for hydroxylation is 2. The molecule has 112 valence electrons. The highest BCUT2D eigenvalue weighted by molar-refractivity contribution is 5.90. The minimum absolute atomic E-state index is 0.0144. The van der Waals surface area contributed by atoms with E-state index in [-0.39, 0.29) is 5.91 Å². The number of nitrogens with zero attached hydrogens (tertiary/aromatic N) is 2. The Morgan fingerprint density at radius 3 is 3.14 bits per heavy atom. The van der Waals surface area contributed by atoms with E-state index >= 15 is 0 Å². The molecule has 0 aliphatic carbocycles. The Labute approximate surface area is 123 Å². The molecule has 6 heteroatoms. The van der Waals surface area contributed by atoms with Crippen molar-refractivity contribution in [3.8, 4) is 0 Å². The molecule has 2 N–H and O–H groups in total. The maximum absolute atomic E-state index is 12.2. The molecule has 1 saturated heterocycles. The Kier molecular flexibility index (Phi) is 3.79. The second-order valence-electron chi connectivity index (χ2n) is 5.69. The molecule has 0 bridgehead atoms. The highest BCUT2D eigenvalue weighted by Gasteiger charge is 2.33. The molecule has 1 aliphatic rings. The van der Waals surface area contributed by atoms with Gasteiger partial charge in [-0.25, -0.2) is 0 Å². The van der Waals surface area contributed by atoms with Crippen LogP contribution in [0.25, 0.3) is 0 Å². The van der Waals surface area contributed by atoms with E-state index in [2.05, 4.69) is 40.4 Å². The summed E-state index contributed by atoms with van der Waals surface area (Å²) in [4.78, 5) is 13.5. The number of hydrogen-bond donors (Lipinski definition) is 2. The molecule has 3 rings (SSSR count). The van der Waals surface area contributed by atoms with E-state index in [1.54, 1.807) is 13.0 Å². The number of quaternary nitrogens is 1. The van der Waals surface area contributed by atoms with Crippen molar-refractivity contribution in [1.29, 1.82) is 0 Å². The lowest BCUT2D eigenvalue weighted by atomic mass is 10.1. The first-order valence-electron chi connectivity index (χ1n) is 7.32. The van der Waals surface area contributed by atoms with Crippen molar-refractivity contribution in [1.82, 2.24) is 9.72 Å². The third-order valence-corrected chi connectivity index (χ3v) is 4.11. The van der Waals surface area contributed by atoms with E-state index in [1.807, 2.05) is 0 Å². The Balaban J connectivity index is 1.63. The van der Waals surface area contributed by atoms with Crippen LogP contribution in [-0.4, -0.2) is 28.7 Å². The van der Waals surface area contributed by atoms with Gasteiger partial charge < -0.3 is 19.3 Å². The van der Waals surface area contributed by atoms with Gasteiger partial charge in [-0.1, -0.05) is 5.16 Å². The summed E-state index contributed by atoms with van der Waals surface area (Å²) in [6.07, 6.45) is 4.34. The van der Waals surface area contributed by atoms with Crippen LogP contribution < -0.4 is 10.2 Å². The zero-order valence-corrected chi connectivity index (χ0v) is 12.4. The molecule has 0 saturated carbocycles. The summed E-state index contributed by atoms with van der Waals surface area (Å²) in [5.74, 6) is 1.17. The third-order valence-electron chi connectivity index (χ3n) is 4.11. The molecule has 1 fully saturated rings. The molecule has 21 heavy (non-hydrogen) atoms. The Morgan fingerprint density at radius 1 is 1.62 bits per heavy atom. The highest BCUT2D eigenvalue weighted by atomic mass is 16.5. The lowest BCUT2D eigenvalue weighted by Crippen LogP contribution is -3.11. The summed E-state index contributed by atoms with van der Waals surface area (Å²) in [5.41, 5.74) is 1.30. The maximum atomic E-state index is 12.2. The molecule has 2 aromatic heterocycles. The number of carbonyl (C=O) groups excluding carboxylic acids is 1. The molecule has 1 unspecified atom stereocenters. The minimum Gasteiger partial charge on any atom is -0.360 e. The second-order valence-corrected chi connectivity index (χ2v) is 5.69. The van der Waals surface area contributed by atoms with Gasteiger partial charge in [-0.05, 0) is 19.1 Å². The lowest BCUT2D eigenvalue weighted by Gasteiger charge is -2.21. The van der Waals surface area contributed by atoms with Crippen LogP contribution in [0.5, 0.6) is 0 Å². The highest BCUT2D eigenvalue weighted by Crippen LogP contribution is 2.18. The fourth-order valence-corrected chi connectivity index (χ4v) is 3.14. The van der Waals surface area contributed by atoms with E-state index in [1.165, 1.54) is 10.6 Å². The fraction of sp³-hybridized carbons (Fsp3) is 0.467. The number of anilines is 1. The quantitative estimate of drug-likeness (QED) is 0.870. The first-order chi connectivity index (χ1) is 10.1. The van der Waals surface area contributed by atoms with E-state index in [0.717, 1.165) is 19.4 Å². The molecule has 1 amide bonds. The number of carbonyl (C=O) groups is 1. The number of nitrogens with one attached hydrogen (secondary N) is 2. The molecule has 3 heterocycles. The smallest absolute Gasteiger partial charge is 0.280 e. The van der Waals surface area contributed by atoms with Gasteiger partial charge in [0.2, 0.25) is 0 Å². The lowest BCUT2D eigenvalue weighted by molar-refractivity contribution is -0.910. The molecule has 0 aromatic carbocycles. The number of hydrogen-bond acceptors (Lipinski definition) is 3. The molecular weight excluding hydrogens is 268 g/mol. The average molecular weight is 289 g/mol. The van der Waals surface area contributed by atoms with Crippen molar-refractivity contribution in [2.24, 2.45) is 7.05 Å². The van der Waals surface area contributed by atoms with Crippen LogP contribution >= 0.6 is 0 Å². The van der Waals surface area contributed by atoms with Crippen LogP contribution in [0.15, 0.2) is 28.9 Å². The zero-order chi connectivity index (χ0) is 14.8. The maximum Gasteiger partial charge on any atom is 0.280 e. The summed E-state index contributed by atoms with van der Waals surface area (Å²) in [7, 11) is 2.06. The summed E-state index contributed by atoms with van der Waals surface area (Å²) in [6.45, 7) is 3.29. The van der Waals surface area contributed by atoms with Gasteiger partial charge in [0.05, 0.1) is 12.2 Å². The summed E-state index contributed by atoms with van der Waals surface area (Å²) < 4.78 is 7.10. The predicted octanol–water partition coefficient (Wildman–Crippen LogP) is 0.680. The van der Waals surface area contributed by atoms with Crippen LogP contribution in [-0.2, 0) is 11.8 Å². The minimum atomic E-state index is -0.0144.